The molecule has 1 fully saturated rings. The van der Waals surface area contributed by atoms with Crippen molar-refractivity contribution in [3.05, 3.63) is 241 Å². The van der Waals surface area contributed by atoms with E-state index in [1.165, 1.54) is 71.5 Å². The molecule has 9 aromatic rings. The van der Waals surface area contributed by atoms with Gasteiger partial charge in [0.25, 0.3) is 0 Å². The highest BCUT2D eigenvalue weighted by Gasteiger charge is 2.64. The topological polar surface area (TPSA) is 8.17 Å². The van der Waals surface area contributed by atoms with Crippen LogP contribution >= 0.6 is 0 Å². The van der Waals surface area contributed by atoms with Gasteiger partial charge in [-0.05, 0) is 116 Å². The van der Waals surface area contributed by atoms with Crippen molar-refractivity contribution in [2.24, 2.45) is 11.8 Å². The predicted octanol–water partition coefficient (Wildman–Crippen LogP) is 14.6. The third kappa shape index (κ3) is 4.46. The molecular weight excluding hydrogens is 713 g/mol. The molecular formula is C57H38N2. The lowest BCUT2D eigenvalue weighted by molar-refractivity contribution is 0.233. The highest BCUT2D eigenvalue weighted by molar-refractivity contribution is 6.11. The number of rotatable bonds is 6. The van der Waals surface area contributed by atoms with Gasteiger partial charge in [0.1, 0.15) is 0 Å². The van der Waals surface area contributed by atoms with Crippen LogP contribution in [0.4, 0.5) is 17.1 Å². The first-order valence-corrected chi connectivity index (χ1v) is 20.8. The Morgan fingerprint density at radius 2 is 1.14 bits per heavy atom. The maximum atomic E-state index is 2.46. The number of hydrogen-bond acceptors (Lipinski definition) is 1. The van der Waals surface area contributed by atoms with Crippen LogP contribution in [0.3, 0.4) is 0 Å². The van der Waals surface area contributed by atoms with Crippen LogP contribution in [0.15, 0.2) is 230 Å². The molecule has 2 nitrogen and oxygen atoms in total. The van der Waals surface area contributed by atoms with Gasteiger partial charge in [0.2, 0.25) is 0 Å². The summed E-state index contributed by atoms with van der Waals surface area (Å²) in [6, 6.07) is 67.0. The van der Waals surface area contributed by atoms with Gasteiger partial charge in [-0.15, -0.1) is 0 Å². The Hall–Kier alpha value is -7.42. The second-order valence-corrected chi connectivity index (χ2v) is 16.4. The molecule has 4 aliphatic rings. The van der Waals surface area contributed by atoms with Crippen molar-refractivity contribution in [3.63, 3.8) is 0 Å². The van der Waals surface area contributed by atoms with E-state index >= 15 is 0 Å². The second-order valence-electron chi connectivity index (χ2n) is 16.4. The van der Waals surface area contributed by atoms with Crippen LogP contribution in [0.5, 0.6) is 0 Å². The molecule has 276 valence electrons. The molecule has 2 heteroatoms. The van der Waals surface area contributed by atoms with Gasteiger partial charge in [-0.2, -0.15) is 0 Å². The van der Waals surface area contributed by atoms with Gasteiger partial charge in [-0.3, -0.25) is 0 Å². The average Bonchev–Trinajstić information content (AvgIpc) is 3.63. The number of aromatic nitrogens is 1. The highest BCUT2D eigenvalue weighted by atomic mass is 15.1. The number of nitrogens with zero attached hydrogens (tertiary/aromatic N) is 2. The van der Waals surface area contributed by atoms with E-state index in [2.05, 4.69) is 228 Å². The van der Waals surface area contributed by atoms with E-state index in [0.29, 0.717) is 11.8 Å². The first-order valence-electron chi connectivity index (χ1n) is 20.8. The number of benzene rings is 8. The zero-order valence-electron chi connectivity index (χ0n) is 32.3. The van der Waals surface area contributed by atoms with Gasteiger partial charge < -0.3 is 9.47 Å². The van der Waals surface area contributed by atoms with Crippen LogP contribution in [-0.4, -0.2) is 4.57 Å². The number of anilines is 3. The molecule has 0 radical (unpaired) electrons. The lowest BCUT2D eigenvalue weighted by atomic mass is 9.38. The maximum Gasteiger partial charge on any atom is 0.0542 e. The molecule has 0 bridgehead atoms. The van der Waals surface area contributed by atoms with Gasteiger partial charge in [0, 0.05) is 45.4 Å². The number of para-hydroxylation sites is 2. The predicted molar refractivity (Wildman–Crippen MR) is 246 cm³/mol. The molecule has 0 N–H and O–H groups in total. The molecule has 3 atom stereocenters. The molecule has 13 rings (SSSR count). The zero-order valence-corrected chi connectivity index (χ0v) is 32.3. The van der Waals surface area contributed by atoms with Crippen LogP contribution in [0.2, 0.25) is 0 Å². The van der Waals surface area contributed by atoms with Crippen molar-refractivity contribution < 1.29 is 0 Å². The first-order chi connectivity index (χ1) is 29.3. The summed E-state index contributed by atoms with van der Waals surface area (Å²) in [4.78, 5) is 2.40. The largest absolute Gasteiger partial charge is 0.310 e. The summed E-state index contributed by atoms with van der Waals surface area (Å²) in [6.07, 6.45) is 14.0. The second kappa shape index (κ2) is 12.3. The Morgan fingerprint density at radius 1 is 0.475 bits per heavy atom. The van der Waals surface area contributed by atoms with Crippen molar-refractivity contribution in [2.45, 2.75) is 5.41 Å². The van der Waals surface area contributed by atoms with E-state index in [1.54, 1.807) is 5.57 Å². The molecule has 1 saturated carbocycles. The van der Waals surface area contributed by atoms with Crippen LogP contribution < -0.4 is 4.90 Å². The van der Waals surface area contributed by atoms with Gasteiger partial charge in [-0.25, -0.2) is 0 Å². The molecule has 3 unspecified atom stereocenters. The van der Waals surface area contributed by atoms with Crippen molar-refractivity contribution >= 4 is 49.6 Å². The summed E-state index contributed by atoms with van der Waals surface area (Å²) in [7, 11) is 0. The van der Waals surface area contributed by atoms with Crippen molar-refractivity contribution in [3.8, 4) is 27.9 Å². The van der Waals surface area contributed by atoms with Crippen molar-refractivity contribution in [1.82, 2.24) is 4.57 Å². The quantitative estimate of drug-likeness (QED) is 0.164. The smallest absolute Gasteiger partial charge is 0.0542 e. The Bertz CT molecular complexity index is 3290. The average molecular weight is 751 g/mol. The Labute approximate surface area is 343 Å². The summed E-state index contributed by atoms with van der Waals surface area (Å²) < 4.78 is 2.38. The number of fused-ring (bicyclic) bond motifs is 7. The fourth-order valence-corrected chi connectivity index (χ4v) is 11.2. The van der Waals surface area contributed by atoms with Gasteiger partial charge >= 0.3 is 0 Å². The van der Waals surface area contributed by atoms with Crippen LogP contribution in [0.25, 0.3) is 60.5 Å². The third-order valence-corrected chi connectivity index (χ3v) is 13.7. The standard InChI is InChI=1S/C57H38N2/c1-3-12-37(13-4-1)38-24-28-42(29-25-38)58(44-32-35-54-48(36-44)46-18-7-8-23-53(46)59(54)41-16-5-2-6-17-41)43-30-26-39(27-31-43)45-33-34-52-56-47(45)19-11-22-51(56)57(52)49-20-9-14-40-15-10-21-50(57)55(40)49/h1-36,49,55H. The minimum Gasteiger partial charge on any atom is -0.310 e. The molecule has 4 aliphatic carbocycles. The highest BCUT2D eigenvalue weighted by Crippen LogP contribution is 2.71. The summed E-state index contributed by atoms with van der Waals surface area (Å²) >= 11 is 0. The van der Waals surface area contributed by atoms with E-state index in [1.807, 2.05) is 0 Å². The van der Waals surface area contributed by atoms with Crippen molar-refractivity contribution in [1.29, 1.82) is 0 Å². The van der Waals surface area contributed by atoms with Crippen molar-refractivity contribution in [2.75, 3.05) is 4.90 Å². The number of hydrogen-bond donors (Lipinski definition) is 0. The van der Waals surface area contributed by atoms with E-state index in [9.17, 15) is 0 Å². The summed E-state index contributed by atoms with van der Waals surface area (Å²) in [5, 5.41) is 5.26. The lowest BCUT2D eigenvalue weighted by Gasteiger charge is -2.64. The Balaban J connectivity index is 0.924. The first kappa shape index (κ1) is 32.6. The van der Waals surface area contributed by atoms with Gasteiger partial charge in [-0.1, -0.05) is 158 Å². The van der Waals surface area contributed by atoms with Gasteiger partial charge in [0.05, 0.1) is 16.4 Å². The van der Waals surface area contributed by atoms with E-state index in [0.717, 1.165) is 22.7 Å². The van der Waals surface area contributed by atoms with E-state index in [4.69, 9.17) is 0 Å². The zero-order chi connectivity index (χ0) is 38.7. The third-order valence-electron chi connectivity index (χ3n) is 13.7. The molecule has 1 spiro atoms. The minimum atomic E-state index is 0.00767. The van der Waals surface area contributed by atoms with Crippen LogP contribution in [0, 0.1) is 11.8 Å². The summed E-state index contributed by atoms with van der Waals surface area (Å²) in [5.41, 5.74) is 17.9. The molecule has 0 amide bonds. The molecule has 59 heavy (non-hydrogen) atoms. The Kier molecular flexibility index (Phi) is 6.80. The SMILES string of the molecule is C1=CC2=CC=CC3C2C(=C1)C31c2cccc3c(-c4ccc(N(c5ccc(-c6ccccc6)cc5)c5ccc6c(c5)c5ccccc5n6-c5ccccc5)cc4)ccc1c23. The van der Waals surface area contributed by atoms with Crippen LogP contribution in [0.1, 0.15) is 11.1 Å². The Morgan fingerprint density at radius 3 is 1.95 bits per heavy atom. The summed E-state index contributed by atoms with van der Waals surface area (Å²) in [6.45, 7) is 0. The van der Waals surface area contributed by atoms with Crippen LogP contribution in [-0.2, 0) is 5.41 Å². The summed E-state index contributed by atoms with van der Waals surface area (Å²) in [5.74, 6) is 1.00. The fourth-order valence-electron chi connectivity index (χ4n) is 11.2. The number of allylic oxidation sites excluding steroid dienone is 8. The van der Waals surface area contributed by atoms with E-state index in [-0.39, 0.29) is 5.41 Å². The fraction of sp³-hybridized carbons (Fsp3) is 0.0526. The monoisotopic (exact) mass is 750 g/mol. The molecule has 8 aromatic carbocycles. The molecule has 1 heterocycles. The van der Waals surface area contributed by atoms with E-state index < -0.39 is 0 Å². The minimum absolute atomic E-state index is 0.00767. The maximum absolute atomic E-state index is 2.46. The molecule has 0 aliphatic heterocycles. The normalized spacial score (nSPS) is 19.3. The molecule has 0 saturated heterocycles. The lowest BCUT2D eigenvalue weighted by Crippen LogP contribution is -2.59. The molecule has 1 aromatic heterocycles. The van der Waals surface area contributed by atoms with Gasteiger partial charge in [0.15, 0.2) is 0 Å².